The van der Waals surface area contributed by atoms with Gasteiger partial charge < -0.3 is 5.21 Å². The van der Waals surface area contributed by atoms with Crippen LogP contribution in [-0.2, 0) is 0 Å². The maximum absolute atomic E-state index is 8.51. The maximum Gasteiger partial charge on any atom is 0.0555 e. The fourth-order valence-corrected chi connectivity index (χ4v) is 0.707. The van der Waals surface area contributed by atoms with E-state index in [0.717, 1.165) is 5.56 Å². The molecule has 54 valence electrons. The van der Waals surface area contributed by atoms with Crippen molar-refractivity contribution in [1.29, 1.82) is 0 Å². The lowest BCUT2D eigenvalue weighted by atomic mass is 10.2. The summed E-state index contributed by atoms with van der Waals surface area (Å²) in [4.78, 5) is 3.90. The molecule has 3 nitrogen and oxygen atoms in total. The first kappa shape index (κ1) is 7.18. The third kappa shape index (κ3) is 1.52. The topological polar surface area (TPSA) is 45.1 Å². The molecule has 0 aliphatic heterocycles. The normalized spacial score (nSPS) is 13.0. The number of hydrogen-bond donors (Lipinski definition) is 2. The Labute approximate surface area is 59.7 Å². The van der Waals surface area contributed by atoms with Gasteiger partial charge >= 0.3 is 0 Å². The van der Waals surface area contributed by atoms with Crippen LogP contribution in [0.3, 0.4) is 0 Å². The van der Waals surface area contributed by atoms with Gasteiger partial charge in [0, 0.05) is 12.4 Å². The van der Waals surface area contributed by atoms with E-state index in [0.29, 0.717) is 0 Å². The zero-order valence-electron chi connectivity index (χ0n) is 5.78. The molecule has 1 heterocycles. The van der Waals surface area contributed by atoms with Gasteiger partial charge in [0.15, 0.2) is 0 Å². The molecule has 0 saturated heterocycles. The summed E-state index contributed by atoms with van der Waals surface area (Å²) in [6, 6.07) is 3.69. The molecule has 0 aromatic carbocycles. The van der Waals surface area contributed by atoms with Gasteiger partial charge in [0.25, 0.3) is 0 Å². The summed E-state index contributed by atoms with van der Waals surface area (Å²) in [6.07, 6.45) is 3.42. The smallest absolute Gasteiger partial charge is 0.0555 e. The van der Waals surface area contributed by atoms with Crippen LogP contribution in [0.15, 0.2) is 24.5 Å². The van der Waals surface area contributed by atoms with E-state index in [1.165, 1.54) is 0 Å². The molecule has 1 atom stereocenters. The lowest BCUT2D eigenvalue weighted by molar-refractivity contribution is 0.133. The number of nitrogens with zero attached hydrogens (tertiary/aromatic N) is 1. The van der Waals surface area contributed by atoms with Crippen molar-refractivity contribution >= 4 is 0 Å². The van der Waals surface area contributed by atoms with E-state index >= 15 is 0 Å². The molecule has 1 aromatic rings. The molecule has 0 aliphatic carbocycles. The Morgan fingerprint density at radius 2 is 2.50 bits per heavy atom. The molecule has 0 bridgehead atoms. The average molecular weight is 138 g/mol. The van der Waals surface area contributed by atoms with Crippen LogP contribution in [0.4, 0.5) is 0 Å². The number of rotatable bonds is 2. The van der Waals surface area contributed by atoms with E-state index in [1.807, 2.05) is 19.1 Å². The second-order valence-electron chi connectivity index (χ2n) is 2.14. The summed E-state index contributed by atoms with van der Waals surface area (Å²) < 4.78 is 0. The molecule has 0 saturated carbocycles. The van der Waals surface area contributed by atoms with Crippen molar-refractivity contribution in [2.75, 3.05) is 0 Å². The molecule has 1 rings (SSSR count). The minimum atomic E-state index is -0.0475. The summed E-state index contributed by atoms with van der Waals surface area (Å²) >= 11 is 0. The van der Waals surface area contributed by atoms with Crippen LogP contribution < -0.4 is 5.48 Å². The zero-order chi connectivity index (χ0) is 7.40. The summed E-state index contributed by atoms with van der Waals surface area (Å²) in [5.74, 6) is 0. The highest BCUT2D eigenvalue weighted by molar-refractivity contribution is 5.11. The Bertz CT molecular complexity index is 188. The lowest BCUT2D eigenvalue weighted by Gasteiger charge is -2.06. The Balaban J connectivity index is 2.75. The van der Waals surface area contributed by atoms with Crippen molar-refractivity contribution in [3.63, 3.8) is 0 Å². The molecular weight excluding hydrogens is 128 g/mol. The first-order chi connectivity index (χ1) is 4.84. The standard InChI is InChI=1S/C7H10N2O/c1-6(9-10)7-3-2-4-8-5-7/h2-6,9-10H,1H3/t6-/m1/s1. The van der Waals surface area contributed by atoms with Crippen LogP contribution in [0.25, 0.3) is 0 Å². The molecule has 0 radical (unpaired) electrons. The van der Waals surface area contributed by atoms with Crippen molar-refractivity contribution in [1.82, 2.24) is 10.5 Å². The predicted molar refractivity (Wildman–Crippen MR) is 37.6 cm³/mol. The lowest BCUT2D eigenvalue weighted by Crippen LogP contribution is -2.12. The fourth-order valence-electron chi connectivity index (χ4n) is 0.707. The Hall–Kier alpha value is -0.930. The molecule has 3 heteroatoms. The van der Waals surface area contributed by atoms with Crippen LogP contribution in [0.2, 0.25) is 0 Å². The molecule has 0 amide bonds. The minimum Gasteiger partial charge on any atom is -0.316 e. The number of hydroxylamine groups is 1. The minimum absolute atomic E-state index is 0.0475. The van der Waals surface area contributed by atoms with Gasteiger partial charge in [-0.1, -0.05) is 6.07 Å². The van der Waals surface area contributed by atoms with E-state index in [1.54, 1.807) is 12.4 Å². The van der Waals surface area contributed by atoms with Crippen molar-refractivity contribution in [3.8, 4) is 0 Å². The van der Waals surface area contributed by atoms with Crippen LogP contribution in [-0.4, -0.2) is 10.2 Å². The second kappa shape index (κ2) is 3.29. The molecule has 10 heavy (non-hydrogen) atoms. The number of pyridine rings is 1. The van der Waals surface area contributed by atoms with E-state index in [-0.39, 0.29) is 6.04 Å². The second-order valence-corrected chi connectivity index (χ2v) is 2.14. The van der Waals surface area contributed by atoms with Crippen molar-refractivity contribution in [2.45, 2.75) is 13.0 Å². The predicted octanol–water partition coefficient (Wildman–Crippen LogP) is 1.12. The van der Waals surface area contributed by atoms with E-state index in [4.69, 9.17) is 5.21 Å². The van der Waals surface area contributed by atoms with Crippen molar-refractivity contribution in [3.05, 3.63) is 30.1 Å². The highest BCUT2D eigenvalue weighted by Gasteiger charge is 2.00. The summed E-state index contributed by atoms with van der Waals surface area (Å²) in [7, 11) is 0. The maximum atomic E-state index is 8.51. The quantitative estimate of drug-likeness (QED) is 0.602. The van der Waals surface area contributed by atoms with Gasteiger partial charge in [-0.2, -0.15) is 5.48 Å². The van der Waals surface area contributed by atoms with Crippen LogP contribution in [0, 0.1) is 0 Å². The molecule has 2 N–H and O–H groups in total. The van der Waals surface area contributed by atoms with Gasteiger partial charge in [-0.3, -0.25) is 4.98 Å². The summed E-state index contributed by atoms with van der Waals surface area (Å²) in [5.41, 5.74) is 3.12. The highest BCUT2D eigenvalue weighted by Crippen LogP contribution is 2.07. The van der Waals surface area contributed by atoms with Crippen molar-refractivity contribution < 1.29 is 5.21 Å². The Morgan fingerprint density at radius 1 is 1.70 bits per heavy atom. The van der Waals surface area contributed by atoms with Crippen LogP contribution >= 0.6 is 0 Å². The van der Waals surface area contributed by atoms with Gasteiger partial charge in [0.05, 0.1) is 6.04 Å². The molecule has 0 unspecified atom stereocenters. The summed E-state index contributed by atoms with van der Waals surface area (Å²) in [5, 5.41) is 8.51. The van der Waals surface area contributed by atoms with E-state index in [9.17, 15) is 0 Å². The van der Waals surface area contributed by atoms with Gasteiger partial charge in [-0.25, -0.2) is 0 Å². The largest absolute Gasteiger partial charge is 0.316 e. The van der Waals surface area contributed by atoms with Gasteiger partial charge in [0.2, 0.25) is 0 Å². The number of hydrogen-bond acceptors (Lipinski definition) is 3. The Kier molecular flexibility index (Phi) is 2.36. The molecule has 0 spiro atoms. The zero-order valence-corrected chi connectivity index (χ0v) is 5.78. The van der Waals surface area contributed by atoms with E-state index in [2.05, 4.69) is 10.5 Å². The monoisotopic (exact) mass is 138 g/mol. The average Bonchev–Trinajstić information content (AvgIpc) is 2.05. The molecule has 0 aliphatic rings. The Morgan fingerprint density at radius 3 is 3.00 bits per heavy atom. The van der Waals surface area contributed by atoms with Gasteiger partial charge in [-0.05, 0) is 18.6 Å². The highest BCUT2D eigenvalue weighted by atomic mass is 16.5. The third-order valence-electron chi connectivity index (χ3n) is 1.38. The number of aromatic nitrogens is 1. The van der Waals surface area contributed by atoms with Gasteiger partial charge in [-0.15, -0.1) is 0 Å². The SMILES string of the molecule is C[C@@H](NO)c1cccnc1. The molecular formula is C7H10N2O. The third-order valence-corrected chi connectivity index (χ3v) is 1.38. The summed E-state index contributed by atoms with van der Waals surface area (Å²) in [6.45, 7) is 1.86. The van der Waals surface area contributed by atoms with Gasteiger partial charge in [0.1, 0.15) is 0 Å². The molecule has 1 aromatic heterocycles. The van der Waals surface area contributed by atoms with Crippen LogP contribution in [0.1, 0.15) is 18.5 Å². The van der Waals surface area contributed by atoms with E-state index < -0.39 is 0 Å². The van der Waals surface area contributed by atoms with Crippen molar-refractivity contribution in [2.24, 2.45) is 0 Å². The first-order valence-electron chi connectivity index (χ1n) is 3.14. The fraction of sp³-hybridized carbons (Fsp3) is 0.286. The first-order valence-corrected chi connectivity index (χ1v) is 3.14. The van der Waals surface area contributed by atoms with Crippen LogP contribution in [0.5, 0.6) is 0 Å². The number of nitrogens with one attached hydrogen (secondary N) is 1. The molecule has 0 fully saturated rings.